The minimum absolute atomic E-state index is 0.198. The zero-order valence-corrected chi connectivity index (χ0v) is 13.0. The van der Waals surface area contributed by atoms with Gasteiger partial charge >= 0.3 is 5.97 Å². The lowest BCUT2D eigenvalue weighted by atomic mass is 10.1. The summed E-state index contributed by atoms with van der Waals surface area (Å²) in [6, 6.07) is 10.6. The largest absolute Gasteiger partial charge is 0.454 e. The Balaban J connectivity index is 2.28. The van der Waals surface area contributed by atoms with Crippen molar-refractivity contribution in [1.29, 1.82) is 0 Å². The third kappa shape index (κ3) is 3.55. The van der Waals surface area contributed by atoms with Gasteiger partial charge in [-0.3, -0.25) is 10.1 Å². The van der Waals surface area contributed by atoms with Gasteiger partial charge in [-0.05, 0) is 25.1 Å². The first-order valence-corrected chi connectivity index (χ1v) is 7.05. The van der Waals surface area contributed by atoms with Crippen molar-refractivity contribution in [1.82, 2.24) is 0 Å². The van der Waals surface area contributed by atoms with Crippen molar-refractivity contribution >= 4 is 34.9 Å². The van der Waals surface area contributed by atoms with E-state index in [-0.39, 0.29) is 16.3 Å². The zero-order valence-electron chi connectivity index (χ0n) is 11.5. The summed E-state index contributed by atoms with van der Waals surface area (Å²) in [5, 5.41) is 11.6. The lowest BCUT2D eigenvalue weighted by molar-refractivity contribution is -0.385. The maximum atomic E-state index is 12.2. The number of nitro benzene ring substituents is 1. The summed E-state index contributed by atoms with van der Waals surface area (Å²) in [4.78, 5) is 22.5. The molecule has 0 aliphatic carbocycles. The number of halogens is 2. The Morgan fingerprint density at radius 3 is 2.55 bits per heavy atom. The van der Waals surface area contributed by atoms with Crippen LogP contribution in [-0.2, 0) is 4.74 Å². The van der Waals surface area contributed by atoms with E-state index >= 15 is 0 Å². The van der Waals surface area contributed by atoms with Crippen LogP contribution >= 0.6 is 23.2 Å². The molecular weight excluding hydrogens is 329 g/mol. The van der Waals surface area contributed by atoms with Crippen LogP contribution in [0.1, 0.15) is 28.9 Å². The van der Waals surface area contributed by atoms with Crippen molar-refractivity contribution in [2.45, 2.75) is 13.0 Å². The highest BCUT2D eigenvalue weighted by Crippen LogP contribution is 2.28. The molecule has 0 aliphatic rings. The Bertz CT molecular complexity index is 733. The van der Waals surface area contributed by atoms with Crippen LogP contribution < -0.4 is 0 Å². The number of esters is 1. The summed E-state index contributed by atoms with van der Waals surface area (Å²) in [7, 11) is 0. The molecule has 114 valence electrons. The Morgan fingerprint density at radius 2 is 1.91 bits per heavy atom. The molecular formula is C15H11Cl2NO4. The van der Waals surface area contributed by atoms with E-state index in [4.69, 9.17) is 27.9 Å². The lowest BCUT2D eigenvalue weighted by Gasteiger charge is -2.15. The minimum atomic E-state index is -0.832. The molecule has 7 heteroatoms. The summed E-state index contributed by atoms with van der Waals surface area (Å²) in [5.74, 6) is -0.832. The van der Waals surface area contributed by atoms with Crippen molar-refractivity contribution in [3.63, 3.8) is 0 Å². The van der Waals surface area contributed by atoms with Crippen LogP contribution in [0, 0.1) is 10.1 Å². The molecule has 0 aromatic heterocycles. The first-order valence-electron chi connectivity index (χ1n) is 6.29. The molecule has 0 aliphatic heterocycles. The topological polar surface area (TPSA) is 69.4 Å². The highest BCUT2D eigenvalue weighted by molar-refractivity contribution is 6.31. The molecule has 5 nitrogen and oxygen atoms in total. The zero-order chi connectivity index (χ0) is 16.3. The number of ether oxygens (including phenoxy) is 1. The van der Waals surface area contributed by atoms with Gasteiger partial charge in [0.15, 0.2) is 0 Å². The minimum Gasteiger partial charge on any atom is -0.454 e. The number of benzene rings is 2. The van der Waals surface area contributed by atoms with E-state index < -0.39 is 17.0 Å². The molecule has 0 bridgehead atoms. The van der Waals surface area contributed by atoms with Gasteiger partial charge in [-0.25, -0.2) is 4.79 Å². The van der Waals surface area contributed by atoms with Gasteiger partial charge in [-0.1, -0.05) is 41.4 Å². The summed E-state index contributed by atoms with van der Waals surface area (Å²) >= 11 is 11.8. The first-order chi connectivity index (χ1) is 10.4. The van der Waals surface area contributed by atoms with E-state index in [1.807, 2.05) is 0 Å². The summed E-state index contributed by atoms with van der Waals surface area (Å²) in [6.07, 6.45) is -0.653. The number of nitro groups is 1. The van der Waals surface area contributed by atoms with Gasteiger partial charge < -0.3 is 4.74 Å². The fraction of sp³-hybridized carbons (Fsp3) is 0.133. The molecule has 0 amide bonds. The number of hydrogen-bond acceptors (Lipinski definition) is 4. The number of nitrogens with zero attached hydrogens (tertiary/aromatic N) is 1. The SMILES string of the molecule is C[C@@H](OC(=O)c1cc(Cl)ccc1[N+](=O)[O-])c1ccccc1Cl. The van der Waals surface area contributed by atoms with Gasteiger partial charge in [-0.2, -0.15) is 0 Å². The average molecular weight is 340 g/mol. The number of hydrogen-bond donors (Lipinski definition) is 0. The Labute approximate surface area is 136 Å². The van der Waals surface area contributed by atoms with Crippen LogP contribution in [0.25, 0.3) is 0 Å². The Hall–Kier alpha value is -2.11. The summed E-state index contributed by atoms with van der Waals surface area (Å²) in [5.41, 5.74) is 0.0550. The van der Waals surface area contributed by atoms with E-state index in [0.717, 1.165) is 0 Å². The maximum Gasteiger partial charge on any atom is 0.345 e. The van der Waals surface area contributed by atoms with Gasteiger partial charge in [0.05, 0.1) is 4.92 Å². The molecule has 0 unspecified atom stereocenters. The van der Waals surface area contributed by atoms with Crippen LogP contribution in [0.2, 0.25) is 10.0 Å². The molecule has 0 heterocycles. The third-order valence-corrected chi connectivity index (χ3v) is 3.58. The molecule has 2 rings (SSSR count). The van der Waals surface area contributed by atoms with Crippen molar-refractivity contribution in [3.05, 3.63) is 73.8 Å². The van der Waals surface area contributed by atoms with E-state index in [0.29, 0.717) is 10.6 Å². The van der Waals surface area contributed by atoms with Crippen LogP contribution in [0.5, 0.6) is 0 Å². The third-order valence-electron chi connectivity index (χ3n) is 3.00. The predicted octanol–water partition coefficient (Wildman–Crippen LogP) is 4.82. The van der Waals surface area contributed by atoms with E-state index in [1.54, 1.807) is 31.2 Å². The van der Waals surface area contributed by atoms with Crippen LogP contribution in [0.3, 0.4) is 0 Å². The lowest BCUT2D eigenvalue weighted by Crippen LogP contribution is -2.11. The monoisotopic (exact) mass is 339 g/mol. The molecule has 22 heavy (non-hydrogen) atoms. The van der Waals surface area contributed by atoms with Crippen molar-refractivity contribution < 1.29 is 14.5 Å². The molecule has 0 saturated heterocycles. The molecule has 0 N–H and O–H groups in total. The van der Waals surface area contributed by atoms with Gasteiger partial charge in [0.25, 0.3) is 5.69 Å². The van der Waals surface area contributed by atoms with E-state index in [9.17, 15) is 14.9 Å². The van der Waals surface area contributed by atoms with Crippen LogP contribution in [0.15, 0.2) is 42.5 Å². The fourth-order valence-corrected chi connectivity index (χ4v) is 2.38. The number of carbonyl (C=O) groups is 1. The van der Waals surface area contributed by atoms with Crippen LogP contribution in [0.4, 0.5) is 5.69 Å². The highest BCUT2D eigenvalue weighted by atomic mass is 35.5. The summed E-state index contributed by atoms with van der Waals surface area (Å²) < 4.78 is 5.26. The molecule has 0 saturated carbocycles. The molecule has 1 atom stereocenters. The molecule has 0 fully saturated rings. The van der Waals surface area contributed by atoms with Gasteiger partial charge in [-0.15, -0.1) is 0 Å². The average Bonchev–Trinajstić information content (AvgIpc) is 2.47. The van der Waals surface area contributed by atoms with E-state index in [2.05, 4.69) is 0 Å². The second kappa shape index (κ2) is 6.77. The van der Waals surface area contributed by atoms with Gasteiger partial charge in [0.1, 0.15) is 11.7 Å². The Morgan fingerprint density at radius 1 is 1.23 bits per heavy atom. The smallest absolute Gasteiger partial charge is 0.345 e. The standard InChI is InChI=1S/C15H11Cl2NO4/c1-9(11-4-2-3-5-13(11)17)22-15(19)12-8-10(16)6-7-14(12)18(20)21/h2-9H,1H3/t9-/m1/s1. The molecule has 0 spiro atoms. The summed E-state index contributed by atoms with van der Waals surface area (Å²) in [6.45, 7) is 1.63. The molecule has 2 aromatic carbocycles. The van der Waals surface area contributed by atoms with Crippen molar-refractivity contribution in [2.24, 2.45) is 0 Å². The first kappa shape index (κ1) is 16.3. The number of carbonyl (C=O) groups excluding carboxylic acids is 1. The normalized spacial score (nSPS) is 11.8. The fourth-order valence-electron chi connectivity index (χ4n) is 1.92. The molecule has 0 radical (unpaired) electrons. The van der Waals surface area contributed by atoms with Crippen molar-refractivity contribution in [2.75, 3.05) is 0 Å². The van der Waals surface area contributed by atoms with Crippen LogP contribution in [-0.4, -0.2) is 10.9 Å². The van der Waals surface area contributed by atoms with Gasteiger partial charge in [0.2, 0.25) is 0 Å². The predicted molar refractivity (Wildman–Crippen MR) is 83.4 cm³/mol. The molecule has 2 aromatic rings. The quantitative estimate of drug-likeness (QED) is 0.454. The maximum absolute atomic E-state index is 12.2. The van der Waals surface area contributed by atoms with E-state index in [1.165, 1.54) is 18.2 Å². The Kier molecular flexibility index (Phi) is 5.00. The number of rotatable bonds is 4. The second-order valence-electron chi connectivity index (χ2n) is 4.49. The van der Waals surface area contributed by atoms with Crippen molar-refractivity contribution in [3.8, 4) is 0 Å². The van der Waals surface area contributed by atoms with Gasteiger partial charge in [0, 0.05) is 21.7 Å². The highest BCUT2D eigenvalue weighted by Gasteiger charge is 2.24. The second-order valence-corrected chi connectivity index (χ2v) is 5.33.